The van der Waals surface area contributed by atoms with Crippen molar-refractivity contribution in [2.75, 3.05) is 26.4 Å². The lowest BCUT2D eigenvalue weighted by molar-refractivity contribution is 0.0938. The molecule has 0 spiro atoms. The number of aromatic nitrogens is 2. The van der Waals surface area contributed by atoms with E-state index in [1.165, 1.54) is 0 Å². The molecule has 2 aromatic rings. The van der Waals surface area contributed by atoms with Crippen molar-refractivity contribution in [1.82, 2.24) is 15.1 Å². The van der Waals surface area contributed by atoms with Crippen molar-refractivity contribution < 1.29 is 9.84 Å². The van der Waals surface area contributed by atoms with Crippen LogP contribution in [0.4, 0.5) is 0 Å². The lowest BCUT2D eigenvalue weighted by Crippen LogP contribution is -2.22. The van der Waals surface area contributed by atoms with Crippen LogP contribution in [0, 0.1) is 0 Å². The number of nitrogens with one attached hydrogen (secondary N) is 1. The summed E-state index contributed by atoms with van der Waals surface area (Å²) in [5.74, 6) is 0. The molecule has 0 unspecified atom stereocenters. The predicted octanol–water partition coefficient (Wildman–Crippen LogP) is 3.06. The maximum Gasteiger partial charge on any atom is 0.0983 e. The van der Waals surface area contributed by atoms with Gasteiger partial charge >= 0.3 is 0 Å². The molecule has 0 saturated heterocycles. The lowest BCUT2D eigenvalue weighted by atomic mass is 10.1. The van der Waals surface area contributed by atoms with Gasteiger partial charge in [-0.05, 0) is 26.8 Å². The van der Waals surface area contributed by atoms with Crippen LogP contribution in [0.25, 0.3) is 11.3 Å². The summed E-state index contributed by atoms with van der Waals surface area (Å²) in [6.07, 6.45) is 2.07. The number of nitrogens with zero attached hydrogens (tertiary/aromatic N) is 2. The molecule has 0 amide bonds. The molecule has 0 bridgehead atoms. The maximum atomic E-state index is 8.70. The molecule has 1 aromatic carbocycles. The molecule has 5 nitrogen and oxygen atoms in total. The van der Waals surface area contributed by atoms with Gasteiger partial charge in [0.2, 0.25) is 0 Å². The third-order valence-electron chi connectivity index (χ3n) is 3.58. The van der Waals surface area contributed by atoms with Crippen LogP contribution in [0.1, 0.15) is 26.3 Å². The minimum atomic E-state index is -0.0987. The number of aliphatic hydroxyl groups is 1. The fraction of sp³-hybridized carbons (Fsp3) is 0.500. The van der Waals surface area contributed by atoms with Crippen LogP contribution in [-0.2, 0) is 16.8 Å². The molecule has 1 heterocycles. The Kier molecular flexibility index (Phi) is 6.80. The molecule has 6 heteroatoms. The van der Waals surface area contributed by atoms with E-state index in [-0.39, 0.29) is 12.1 Å². The molecule has 0 radical (unpaired) electrons. The Bertz CT molecular complexity index is 650. The Morgan fingerprint density at radius 2 is 2.00 bits per heavy atom. The highest BCUT2D eigenvalue weighted by atomic mass is 35.5. The standard InChI is InChI=1S/C18H26ClN3O2/c1-18(2,3)22-13-14(12-20-8-10-24-11-9-23)17(21-22)15-6-4-5-7-16(15)19/h4-7,13,20,23H,8-12H2,1-3H3. The molecule has 132 valence electrons. The summed E-state index contributed by atoms with van der Waals surface area (Å²) < 4.78 is 7.24. The molecule has 0 aliphatic heterocycles. The SMILES string of the molecule is CC(C)(C)n1cc(CNCCOCCO)c(-c2ccccc2Cl)n1. The topological polar surface area (TPSA) is 59.3 Å². The third-order valence-corrected chi connectivity index (χ3v) is 3.91. The fourth-order valence-corrected chi connectivity index (χ4v) is 2.52. The number of benzene rings is 1. The molecule has 1 aromatic heterocycles. The molecule has 0 fully saturated rings. The average Bonchev–Trinajstić information content (AvgIpc) is 2.95. The van der Waals surface area contributed by atoms with E-state index in [4.69, 9.17) is 26.5 Å². The van der Waals surface area contributed by atoms with Crippen molar-refractivity contribution in [2.45, 2.75) is 32.9 Å². The highest BCUT2D eigenvalue weighted by Gasteiger charge is 2.19. The van der Waals surface area contributed by atoms with E-state index in [9.17, 15) is 0 Å². The Morgan fingerprint density at radius 3 is 2.67 bits per heavy atom. The second-order valence-electron chi connectivity index (χ2n) is 6.61. The van der Waals surface area contributed by atoms with Crippen LogP contribution in [0.5, 0.6) is 0 Å². The largest absolute Gasteiger partial charge is 0.394 e. The van der Waals surface area contributed by atoms with E-state index in [1.807, 2.05) is 28.9 Å². The molecule has 0 atom stereocenters. The van der Waals surface area contributed by atoms with Crippen LogP contribution in [-0.4, -0.2) is 41.3 Å². The molecule has 2 N–H and O–H groups in total. The van der Waals surface area contributed by atoms with Gasteiger partial charge in [0.15, 0.2) is 0 Å². The van der Waals surface area contributed by atoms with Crippen LogP contribution in [0.3, 0.4) is 0 Å². The van der Waals surface area contributed by atoms with E-state index in [1.54, 1.807) is 0 Å². The van der Waals surface area contributed by atoms with Crippen molar-refractivity contribution in [3.8, 4) is 11.3 Å². The first-order chi connectivity index (χ1) is 11.4. The summed E-state index contributed by atoms with van der Waals surface area (Å²) in [7, 11) is 0. The minimum absolute atomic E-state index is 0.0506. The number of ether oxygens (including phenoxy) is 1. The molecule has 0 aliphatic carbocycles. The smallest absolute Gasteiger partial charge is 0.0983 e. The summed E-state index contributed by atoms with van der Waals surface area (Å²) >= 11 is 6.36. The van der Waals surface area contributed by atoms with E-state index in [0.717, 1.165) is 16.8 Å². The van der Waals surface area contributed by atoms with Crippen LogP contribution in [0.2, 0.25) is 5.02 Å². The van der Waals surface area contributed by atoms with Gasteiger partial charge in [-0.2, -0.15) is 5.10 Å². The number of hydrogen-bond acceptors (Lipinski definition) is 4. The predicted molar refractivity (Wildman–Crippen MR) is 97.3 cm³/mol. The van der Waals surface area contributed by atoms with Gasteiger partial charge in [-0.25, -0.2) is 0 Å². The van der Waals surface area contributed by atoms with Gasteiger partial charge in [-0.15, -0.1) is 0 Å². The highest BCUT2D eigenvalue weighted by molar-refractivity contribution is 6.33. The van der Waals surface area contributed by atoms with Gasteiger partial charge in [-0.1, -0.05) is 29.8 Å². The summed E-state index contributed by atoms with van der Waals surface area (Å²) in [5, 5.41) is 17.5. The third kappa shape index (κ3) is 5.05. The molecule has 0 saturated carbocycles. The van der Waals surface area contributed by atoms with Crippen molar-refractivity contribution >= 4 is 11.6 Å². The Hall–Kier alpha value is -1.40. The van der Waals surface area contributed by atoms with Crippen LogP contribution in [0.15, 0.2) is 30.5 Å². The first-order valence-electron chi connectivity index (χ1n) is 8.16. The summed E-state index contributed by atoms with van der Waals surface area (Å²) in [6, 6.07) is 7.76. The minimum Gasteiger partial charge on any atom is -0.394 e. The number of rotatable bonds is 8. The Balaban J connectivity index is 2.16. The zero-order chi connectivity index (χ0) is 17.6. The van der Waals surface area contributed by atoms with Crippen LogP contribution < -0.4 is 5.32 Å². The van der Waals surface area contributed by atoms with E-state index >= 15 is 0 Å². The van der Waals surface area contributed by atoms with Crippen LogP contribution >= 0.6 is 11.6 Å². The van der Waals surface area contributed by atoms with Crippen molar-refractivity contribution in [3.05, 3.63) is 41.0 Å². The first-order valence-corrected chi connectivity index (χ1v) is 8.54. The zero-order valence-electron chi connectivity index (χ0n) is 14.6. The zero-order valence-corrected chi connectivity index (χ0v) is 15.3. The van der Waals surface area contributed by atoms with E-state index in [2.05, 4.69) is 32.3 Å². The maximum absolute atomic E-state index is 8.70. The normalized spacial score (nSPS) is 11.9. The Labute approximate surface area is 148 Å². The molecular formula is C18H26ClN3O2. The van der Waals surface area contributed by atoms with E-state index < -0.39 is 0 Å². The lowest BCUT2D eigenvalue weighted by Gasteiger charge is -2.18. The van der Waals surface area contributed by atoms with Gasteiger partial charge in [0.25, 0.3) is 0 Å². The second kappa shape index (κ2) is 8.62. The summed E-state index contributed by atoms with van der Waals surface area (Å²) in [5.41, 5.74) is 2.84. The van der Waals surface area contributed by atoms with Crippen molar-refractivity contribution in [2.24, 2.45) is 0 Å². The molecule has 2 rings (SSSR count). The summed E-state index contributed by atoms with van der Waals surface area (Å²) in [4.78, 5) is 0. The monoisotopic (exact) mass is 351 g/mol. The van der Waals surface area contributed by atoms with Gasteiger partial charge < -0.3 is 15.2 Å². The van der Waals surface area contributed by atoms with E-state index in [0.29, 0.717) is 31.3 Å². The first kappa shape index (κ1) is 18.9. The van der Waals surface area contributed by atoms with Gasteiger partial charge in [0.05, 0.1) is 36.1 Å². The summed E-state index contributed by atoms with van der Waals surface area (Å²) in [6.45, 7) is 8.74. The quantitative estimate of drug-likeness (QED) is 0.718. The fourth-order valence-electron chi connectivity index (χ4n) is 2.30. The number of aliphatic hydroxyl groups excluding tert-OH is 1. The second-order valence-corrected chi connectivity index (χ2v) is 7.02. The number of halogens is 1. The average molecular weight is 352 g/mol. The van der Waals surface area contributed by atoms with Gasteiger partial charge in [0.1, 0.15) is 0 Å². The van der Waals surface area contributed by atoms with Crippen molar-refractivity contribution in [1.29, 1.82) is 0 Å². The van der Waals surface area contributed by atoms with Crippen molar-refractivity contribution in [3.63, 3.8) is 0 Å². The highest BCUT2D eigenvalue weighted by Crippen LogP contribution is 2.30. The molecule has 24 heavy (non-hydrogen) atoms. The van der Waals surface area contributed by atoms with Gasteiger partial charge in [-0.3, -0.25) is 4.68 Å². The molecular weight excluding hydrogens is 326 g/mol. The number of hydrogen-bond donors (Lipinski definition) is 2. The molecule has 0 aliphatic rings. The Morgan fingerprint density at radius 1 is 1.25 bits per heavy atom. The van der Waals surface area contributed by atoms with Gasteiger partial charge in [0, 0.05) is 30.4 Å².